The van der Waals surface area contributed by atoms with E-state index in [4.69, 9.17) is 9.84 Å². The van der Waals surface area contributed by atoms with Gasteiger partial charge in [-0.3, -0.25) is 4.79 Å². The molecule has 0 fully saturated rings. The summed E-state index contributed by atoms with van der Waals surface area (Å²) in [6.07, 6.45) is 8.92. The van der Waals surface area contributed by atoms with Crippen LogP contribution in [0, 0.1) is 0 Å². The predicted octanol–water partition coefficient (Wildman–Crippen LogP) is 3.10. The molecule has 0 saturated carbocycles. The fourth-order valence-corrected chi connectivity index (χ4v) is 3.67. The highest BCUT2D eigenvalue weighted by Gasteiger charge is 2.22. The number of carboxylic acids is 1. The minimum absolute atomic E-state index is 0.305. The molecule has 0 saturated heterocycles. The molecule has 3 rings (SSSR count). The third-order valence-corrected chi connectivity index (χ3v) is 4.99. The molecule has 1 aromatic rings. The molecule has 23 heavy (non-hydrogen) atoms. The summed E-state index contributed by atoms with van der Waals surface area (Å²) in [7, 11) is 0. The van der Waals surface area contributed by atoms with Gasteiger partial charge < -0.3 is 15.2 Å². The van der Waals surface area contributed by atoms with Gasteiger partial charge in [-0.15, -0.1) is 0 Å². The van der Waals surface area contributed by atoms with Gasteiger partial charge in [0.25, 0.3) is 0 Å². The van der Waals surface area contributed by atoms with E-state index in [9.17, 15) is 4.79 Å². The maximum absolute atomic E-state index is 10.4. The largest absolute Gasteiger partial charge is 0.493 e. The van der Waals surface area contributed by atoms with Gasteiger partial charge in [0, 0.05) is 18.9 Å². The Labute approximate surface area is 138 Å². The van der Waals surface area contributed by atoms with Crippen LogP contribution in [0.1, 0.15) is 55.2 Å². The van der Waals surface area contributed by atoms with Crippen molar-refractivity contribution >= 4 is 5.97 Å². The van der Waals surface area contributed by atoms with Gasteiger partial charge in [0.1, 0.15) is 5.75 Å². The quantitative estimate of drug-likeness (QED) is 0.723. The number of ether oxygens (including phenoxy) is 1. The van der Waals surface area contributed by atoms with Crippen molar-refractivity contribution in [2.45, 2.75) is 63.8 Å². The second kappa shape index (κ2) is 7.82. The van der Waals surface area contributed by atoms with Crippen LogP contribution in [0.5, 0.6) is 5.75 Å². The minimum Gasteiger partial charge on any atom is -0.493 e. The molecule has 0 amide bonds. The van der Waals surface area contributed by atoms with Crippen molar-refractivity contribution in [2.24, 2.45) is 0 Å². The van der Waals surface area contributed by atoms with Crippen molar-refractivity contribution in [3.05, 3.63) is 28.8 Å². The van der Waals surface area contributed by atoms with Crippen LogP contribution < -0.4 is 10.1 Å². The van der Waals surface area contributed by atoms with Gasteiger partial charge in [0.15, 0.2) is 0 Å². The molecule has 0 spiro atoms. The van der Waals surface area contributed by atoms with Crippen LogP contribution in [-0.4, -0.2) is 30.3 Å². The van der Waals surface area contributed by atoms with Gasteiger partial charge in [-0.2, -0.15) is 0 Å². The number of aliphatic carboxylic acids is 1. The summed E-state index contributed by atoms with van der Waals surface area (Å²) >= 11 is 0. The summed E-state index contributed by atoms with van der Waals surface area (Å²) in [5.74, 6) is 0.419. The molecule has 4 nitrogen and oxygen atoms in total. The lowest BCUT2D eigenvalue weighted by molar-refractivity contribution is -0.137. The fraction of sp³-hybridized carbons (Fsp3) is 0.632. The summed E-state index contributed by atoms with van der Waals surface area (Å²) in [4.78, 5) is 10.4. The Bertz CT molecular complexity index is 556. The van der Waals surface area contributed by atoms with Gasteiger partial charge in [0.05, 0.1) is 6.61 Å². The maximum atomic E-state index is 10.4. The van der Waals surface area contributed by atoms with E-state index in [2.05, 4.69) is 17.4 Å². The van der Waals surface area contributed by atoms with E-state index >= 15 is 0 Å². The lowest BCUT2D eigenvalue weighted by Crippen LogP contribution is -2.35. The Morgan fingerprint density at radius 1 is 1.13 bits per heavy atom. The maximum Gasteiger partial charge on any atom is 0.303 e. The van der Waals surface area contributed by atoms with Crippen molar-refractivity contribution < 1.29 is 14.6 Å². The average molecular weight is 317 g/mol. The smallest absolute Gasteiger partial charge is 0.303 e. The Kier molecular flexibility index (Phi) is 5.55. The van der Waals surface area contributed by atoms with Gasteiger partial charge in [-0.05, 0) is 61.4 Å². The van der Waals surface area contributed by atoms with E-state index in [1.165, 1.54) is 29.5 Å². The molecule has 0 bridgehead atoms. The van der Waals surface area contributed by atoms with Crippen molar-refractivity contribution in [2.75, 3.05) is 13.2 Å². The summed E-state index contributed by atoms with van der Waals surface area (Å²) in [5, 5.41) is 12.3. The molecule has 2 aliphatic rings. The molecule has 1 unspecified atom stereocenters. The topological polar surface area (TPSA) is 58.6 Å². The van der Waals surface area contributed by atoms with Crippen LogP contribution >= 0.6 is 0 Å². The highest BCUT2D eigenvalue weighted by atomic mass is 16.5. The molecule has 0 aromatic heterocycles. The molecule has 0 radical (unpaired) electrons. The Morgan fingerprint density at radius 2 is 2.00 bits per heavy atom. The molecule has 1 atom stereocenters. The number of hydrogen-bond donors (Lipinski definition) is 2. The Hall–Kier alpha value is -1.55. The highest BCUT2D eigenvalue weighted by Crippen LogP contribution is 2.32. The number of benzene rings is 1. The lowest BCUT2D eigenvalue weighted by atomic mass is 9.86. The molecule has 2 N–H and O–H groups in total. The third-order valence-electron chi connectivity index (χ3n) is 4.99. The van der Waals surface area contributed by atoms with Crippen LogP contribution in [0.4, 0.5) is 0 Å². The van der Waals surface area contributed by atoms with Crippen LogP contribution in [0.25, 0.3) is 0 Å². The fourth-order valence-electron chi connectivity index (χ4n) is 3.67. The first-order valence-electron chi connectivity index (χ1n) is 8.95. The Morgan fingerprint density at radius 3 is 2.87 bits per heavy atom. The molecule has 1 aliphatic carbocycles. The number of rotatable bonds is 8. The first kappa shape index (κ1) is 16.3. The van der Waals surface area contributed by atoms with E-state index in [0.29, 0.717) is 12.5 Å². The van der Waals surface area contributed by atoms with E-state index in [1.54, 1.807) is 0 Å². The molecule has 1 aliphatic heterocycles. The van der Waals surface area contributed by atoms with E-state index in [0.717, 1.165) is 57.4 Å². The number of hydrogen-bond acceptors (Lipinski definition) is 3. The third kappa shape index (κ3) is 4.47. The first-order valence-corrected chi connectivity index (χ1v) is 8.95. The molecular weight excluding hydrogens is 290 g/mol. The zero-order valence-corrected chi connectivity index (χ0v) is 13.8. The van der Waals surface area contributed by atoms with Crippen LogP contribution in [0.2, 0.25) is 0 Å². The standard InChI is InChI=1S/C19H27NO3/c21-19(22)5-3-1-2-4-9-20-17-7-6-14-11-15-8-10-23-18(15)13-16(14)12-17/h11,13,17,20H,1-10,12H2,(H,21,22). The molecule has 1 aromatic carbocycles. The van der Waals surface area contributed by atoms with E-state index in [-0.39, 0.29) is 0 Å². The monoisotopic (exact) mass is 317 g/mol. The van der Waals surface area contributed by atoms with Gasteiger partial charge >= 0.3 is 5.97 Å². The zero-order chi connectivity index (χ0) is 16.1. The summed E-state index contributed by atoms with van der Waals surface area (Å²) in [5.41, 5.74) is 4.35. The van der Waals surface area contributed by atoms with Crippen molar-refractivity contribution in [3.8, 4) is 5.75 Å². The predicted molar refractivity (Wildman–Crippen MR) is 90.2 cm³/mol. The lowest BCUT2D eigenvalue weighted by Gasteiger charge is -2.26. The molecule has 1 heterocycles. The van der Waals surface area contributed by atoms with Gasteiger partial charge in [-0.25, -0.2) is 0 Å². The van der Waals surface area contributed by atoms with Gasteiger partial charge in [0.2, 0.25) is 0 Å². The van der Waals surface area contributed by atoms with E-state index in [1.807, 2.05) is 0 Å². The number of unbranched alkanes of at least 4 members (excludes halogenated alkanes) is 3. The van der Waals surface area contributed by atoms with Crippen molar-refractivity contribution in [3.63, 3.8) is 0 Å². The van der Waals surface area contributed by atoms with Crippen LogP contribution in [-0.2, 0) is 24.1 Å². The number of carboxylic acid groups (broad SMARTS) is 1. The van der Waals surface area contributed by atoms with E-state index < -0.39 is 5.97 Å². The second-order valence-electron chi connectivity index (χ2n) is 6.78. The van der Waals surface area contributed by atoms with Crippen molar-refractivity contribution in [1.82, 2.24) is 5.32 Å². The second-order valence-corrected chi connectivity index (χ2v) is 6.78. The van der Waals surface area contributed by atoms with Gasteiger partial charge in [-0.1, -0.05) is 18.9 Å². The number of fused-ring (bicyclic) bond motifs is 2. The SMILES string of the molecule is O=C(O)CCCCCCNC1CCc2cc3c(cc2C1)OCC3. The summed E-state index contributed by atoms with van der Waals surface area (Å²) in [6, 6.07) is 5.19. The molecular formula is C19H27NO3. The number of nitrogens with one attached hydrogen (secondary N) is 1. The summed E-state index contributed by atoms with van der Waals surface area (Å²) in [6.45, 7) is 1.87. The normalized spacial score (nSPS) is 19.0. The average Bonchev–Trinajstić information content (AvgIpc) is 2.98. The van der Waals surface area contributed by atoms with Crippen molar-refractivity contribution in [1.29, 1.82) is 0 Å². The zero-order valence-electron chi connectivity index (χ0n) is 13.8. The van der Waals surface area contributed by atoms with Crippen LogP contribution in [0.3, 0.4) is 0 Å². The molecule has 4 heteroatoms. The minimum atomic E-state index is -0.681. The number of carbonyl (C=O) groups is 1. The number of aryl methyl sites for hydroxylation is 1. The first-order chi connectivity index (χ1) is 11.2. The highest BCUT2D eigenvalue weighted by molar-refractivity contribution is 5.66. The summed E-state index contributed by atoms with van der Waals surface area (Å²) < 4.78 is 5.69. The Balaban J connectivity index is 1.37. The van der Waals surface area contributed by atoms with Crippen LogP contribution in [0.15, 0.2) is 12.1 Å². The molecule has 126 valence electrons.